The van der Waals surface area contributed by atoms with Crippen LogP contribution < -0.4 is 5.73 Å². The lowest BCUT2D eigenvalue weighted by molar-refractivity contribution is -0.132. The van der Waals surface area contributed by atoms with Crippen LogP contribution in [-0.4, -0.2) is 49.4 Å². The van der Waals surface area contributed by atoms with Crippen molar-refractivity contribution in [3.63, 3.8) is 0 Å². The van der Waals surface area contributed by atoms with Gasteiger partial charge in [0.1, 0.15) is 4.75 Å². The van der Waals surface area contributed by atoms with Crippen molar-refractivity contribution in [2.75, 3.05) is 19.3 Å². The molecule has 1 aliphatic rings. The van der Waals surface area contributed by atoms with E-state index >= 15 is 0 Å². The van der Waals surface area contributed by atoms with Gasteiger partial charge in [0.05, 0.1) is 0 Å². The Morgan fingerprint density at radius 1 is 1.47 bits per heavy atom. The number of carbonyl (C=O) groups excluding carboxylic acids is 1. The topological polar surface area (TPSA) is 80.5 Å². The van der Waals surface area contributed by atoms with Crippen LogP contribution in [-0.2, 0) is 14.6 Å². The van der Waals surface area contributed by atoms with Crippen molar-refractivity contribution in [1.29, 1.82) is 0 Å². The summed E-state index contributed by atoms with van der Waals surface area (Å²) in [4.78, 5) is 13.5. The van der Waals surface area contributed by atoms with Gasteiger partial charge in [-0.2, -0.15) is 0 Å². The third kappa shape index (κ3) is 2.31. The smallest absolute Gasteiger partial charge is 0.243 e. The molecule has 1 rings (SSSR count). The summed E-state index contributed by atoms with van der Waals surface area (Å²) in [6.45, 7) is 3.89. The summed E-state index contributed by atoms with van der Waals surface area (Å²) >= 11 is 0. The van der Waals surface area contributed by atoms with Gasteiger partial charge in [0.15, 0.2) is 9.84 Å². The summed E-state index contributed by atoms with van der Waals surface area (Å²) in [6, 6.07) is -0.0238. The lowest BCUT2D eigenvalue weighted by Crippen LogP contribution is -2.49. The first kappa shape index (κ1) is 12.4. The Kier molecular flexibility index (Phi) is 3.11. The predicted molar refractivity (Wildman–Crippen MR) is 58.1 cm³/mol. The zero-order valence-corrected chi connectivity index (χ0v) is 10.2. The summed E-state index contributed by atoms with van der Waals surface area (Å²) in [7, 11) is -3.39. The van der Waals surface area contributed by atoms with Crippen molar-refractivity contribution in [2.45, 2.75) is 31.1 Å². The van der Waals surface area contributed by atoms with E-state index in [1.165, 1.54) is 18.7 Å². The molecule has 6 heteroatoms. The maximum atomic E-state index is 12.0. The number of rotatable bonds is 2. The van der Waals surface area contributed by atoms with Crippen LogP contribution in [0.25, 0.3) is 0 Å². The Hall–Kier alpha value is -0.620. The minimum Gasteiger partial charge on any atom is -0.340 e. The number of carbonyl (C=O) groups is 1. The van der Waals surface area contributed by atoms with E-state index < -0.39 is 14.6 Å². The highest BCUT2D eigenvalue weighted by atomic mass is 32.2. The highest BCUT2D eigenvalue weighted by molar-refractivity contribution is 7.92. The van der Waals surface area contributed by atoms with Gasteiger partial charge in [-0.1, -0.05) is 0 Å². The molecule has 5 nitrogen and oxygen atoms in total. The Labute approximate surface area is 90.5 Å². The van der Waals surface area contributed by atoms with Gasteiger partial charge in [-0.05, 0) is 20.3 Å². The molecule has 88 valence electrons. The van der Waals surface area contributed by atoms with E-state index in [1.54, 1.807) is 0 Å². The molecule has 0 bridgehead atoms. The van der Waals surface area contributed by atoms with E-state index in [0.717, 1.165) is 12.7 Å². The van der Waals surface area contributed by atoms with E-state index in [0.29, 0.717) is 13.1 Å². The van der Waals surface area contributed by atoms with Crippen LogP contribution in [0.2, 0.25) is 0 Å². The van der Waals surface area contributed by atoms with Crippen LogP contribution in [0.3, 0.4) is 0 Å². The quantitative estimate of drug-likeness (QED) is 0.690. The van der Waals surface area contributed by atoms with Crippen LogP contribution in [0.15, 0.2) is 0 Å². The second-order valence-corrected chi connectivity index (χ2v) is 7.15. The molecule has 1 heterocycles. The number of nitrogens with two attached hydrogens (primary N) is 1. The van der Waals surface area contributed by atoms with Gasteiger partial charge in [-0.15, -0.1) is 0 Å². The molecule has 0 aliphatic carbocycles. The Morgan fingerprint density at radius 2 is 2.00 bits per heavy atom. The molecule has 0 aromatic carbocycles. The molecule has 1 aliphatic heterocycles. The fourth-order valence-corrected chi connectivity index (χ4v) is 1.96. The van der Waals surface area contributed by atoms with Gasteiger partial charge < -0.3 is 10.6 Å². The van der Waals surface area contributed by atoms with Crippen LogP contribution in [0.1, 0.15) is 20.3 Å². The maximum absolute atomic E-state index is 12.0. The highest BCUT2D eigenvalue weighted by Crippen LogP contribution is 2.21. The summed E-state index contributed by atoms with van der Waals surface area (Å²) in [5, 5.41) is 0. The Morgan fingerprint density at radius 3 is 2.33 bits per heavy atom. The molecule has 0 spiro atoms. The lowest BCUT2D eigenvalue weighted by atomic mass is 10.2. The minimum absolute atomic E-state index is 0.0238. The molecule has 2 N–H and O–H groups in total. The molecule has 1 fully saturated rings. The molecule has 1 amide bonds. The Bertz CT molecular complexity index is 362. The van der Waals surface area contributed by atoms with Crippen LogP contribution >= 0.6 is 0 Å². The third-order valence-electron chi connectivity index (χ3n) is 2.95. The SMILES string of the molecule is CC(C)(C(=O)N1CC[C@@H](N)C1)S(C)(=O)=O. The molecule has 0 aromatic rings. The van der Waals surface area contributed by atoms with Crippen molar-refractivity contribution in [3.05, 3.63) is 0 Å². The molecule has 0 aromatic heterocycles. The van der Waals surface area contributed by atoms with Crippen molar-refractivity contribution in [2.24, 2.45) is 5.73 Å². The van der Waals surface area contributed by atoms with E-state index in [-0.39, 0.29) is 11.9 Å². The fraction of sp³-hybridized carbons (Fsp3) is 0.889. The van der Waals surface area contributed by atoms with Gasteiger partial charge in [-0.25, -0.2) is 8.42 Å². The zero-order chi connectivity index (χ0) is 11.9. The van der Waals surface area contributed by atoms with Crippen molar-refractivity contribution >= 4 is 15.7 Å². The monoisotopic (exact) mass is 234 g/mol. The van der Waals surface area contributed by atoms with Gasteiger partial charge in [0.25, 0.3) is 0 Å². The van der Waals surface area contributed by atoms with Crippen molar-refractivity contribution in [1.82, 2.24) is 4.90 Å². The largest absolute Gasteiger partial charge is 0.340 e. The van der Waals surface area contributed by atoms with Gasteiger partial charge in [-0.3, -0.25) is 4.79 Å². The van der Waals surface area contributed by atoms with Crippen molar-refractivity contribution < 1.29 is 13.2 Å². The first-order valence-electron chi connectivity index (χ1n) is 4.91. The number of hydrogen-bond acceptors (Lipinski definition) is 4. The second kappa shape index (κ2) is 3.75. The molecular formula is C9H18N2O3S. The van der Waals surface area contributed by atoms with E-state index in [1.807, 2.05) is 0 Å². The van der Waals surface area contributed by atoms with E-state index in [2.05, 4.69) is 0 Å². The first-order valence-corrected chi connectivity index (χ1v) is 6.80. The summed E-state index contributed by atoms with van der Waals surface area (Å²) in [5.41, 5.74) is 5.67. The summed E-state index contributed by atoms with van der Waals surface area (Å²) < 4.78 is 21.6. The van der Waals surface area contributed by atoms with Gasteiger partial charge >= 0.3 is 0 Å². The van der Waals surface area contributed by atoms with Crippen LogP contribution in [0.4, 0.5) is 0 Å². The normalized spacial score (nSPS) is 23.2. The molecule has 0 radical (unpaired) electrons. The number of hydrogen-bond donors (Lipinski definition) is 1. The van der Waals surface area contributed by atoms with Gasteiger partial charge in [0.2, 0.25) is 5.91 Å². The summed E-state index contributed by atoms with van der Waals surface area (Å²) in [5.74, 6) is -0.349. The molecule has 1 atom stereocenters. The average molecular weight is 234 g/mol. The minimum atomic E-state index is -3.39. The first-order chi connectivity index (χ1) is 6.66. The molecular weight excluding hydrogens is 216 g/mol. The van der Waals surface area contributed by atoms with Crippen LogP contribution in [0, 0.1) is 0 Å². The molecule has 1 saturated heterocycles. The van der Waals surface area contributed by atoms with E-state index in [9.17, 15) is 13.2 Å². The lowest BCUT2D eigenvalue weighted by Gasteiger charge is -2.27. The molecule has 0 unspecified atom stereocenters. The Balaban J connectivity index is 2.86. The van der Waals surface area contributed by atoms with Gasteiger partial charge in [0, 0.05) is 25.4 Å². The van der Waals surface area contributed by atoms with E-state index in [4.69, 9.17) is 5.73 Å². The maximum Gasteiger partial charge on any atom is 0.243 e. The van der Waals surface area contributed by atoms with Crippen LogP contribution in [0.5, 0.6) is 0 Å². The summed E-state index contributed by atoms with van der Waals surface area (Å²) in [6.07, 6.45) is 1.83. The fourth-order valence-electron chi connectivity index (χ4n) is 1.51. The predicted octanol–water partition coefficient (Wildman–Crippen LogP) is -0.631. The number of amides is 1. The zero-order valence-electron chi connectivity index (χ0n) is 9.36. The standard InChI is InChI=1S/C9H18N2O3S/c1-9(2,15(3,13)14)8(12)11-5-4-7(10)6-11/h7H,4-6,10H2,1-3H3/t7-/m1/s1. The number of nitrogens with zero attached hydrogens (tertiary/aromatic N) is 1. The average Bonchev–Trinajstić information content (AvgIpc) is 2.48. The molecule has 0 saturated carbocycles. The number of likely N-dealkylation sites (tertiary alicyclic amines) is 1. The number of sulfone groups is 1. The third-order valence-corrected chi connectivity index (χ3v) is 4.98. The second-order valence-electron chi connectivity index (χ2n) is 4.58. The highest BCUT2D eigenvalue weighted by Gasteiger charge is 2.42. The van der Waals surface area contributed by atoms with Crippen molar-refractivity contribution in [3.8, 4) is 0 Å². The molecule has 15 heavy (non-hydrogen) atoms.